The summed E-state index contributed by atoms with van der Waals surface area (Å²) in [5.41, 5.74) is 6.67. The van der Waals surface area contributed by atoms with E-state index in [0.29, 0.717) is 13.1 Å². The highest BCUT2D eigenvalue weighted by Gasteiger charge is 2.23. The van der Waals surface area contributed by atoms with Crippen LogP contribution in [0.1, 0.15) is 6.92 Å². The minimum atomic E-state index is -0.440. The van der Waals surface area contributed by atoms with Crippen LogP contribution >= 0.6 is 24.8 Å². The van der Waals surface area contributed by atoms with E-state index in [1.807, 2.05) is 41.3 Å². The summed E-state index contributed by atoms with van der Waals surface area (Å²) in [7, 11) is 0. The first-order chi connectivity index (χ1) is 11.1. The Hall–Kier alpha value is -1.89. The van der Waals surface area contributed by atoms with Gasteiger partial charge < -0.3 is 15.5 Å². The molecular weight excluding hydrogens is 361 g/mol. The van der Waals surface area contributed by atoms with Crippen LogP contribution in [0.25, 0.3) is 11.4 Å². The Kier molecular flexibility index (Phi) is 8.09. The molecule has 0 unspecified atom stereocenters. The number of carbonyl (C=O) groups is 1. The van der Waals surface area contributed by atoms with Crippen molar-refractivity contribution in [1.82, 2.24) is 14.9 Å². The molecule has 1 fully saturated rings. The molecule has 2 aromatic rings. The van der Waals surface area contributed by atoms with Crippen LogP contribution in [-0.4, -0.2) is 53.0 Å². The monoisotopic (exact) mass is 383 g/mol. The number of rotatable bonds is 3. The molecule has 8 heteroatoms. The summed E-state index contributed by atoms with van der Waals surface area (Å²) in [5.74, 6) is 1.63. The second-order valence-corrected chi connectivity index (χ2v) is 5.71. The summed E-state index contributed by atoms with van der Waals surface area (Å²) >= 11 is 0. The number of amides is 1. The number of benzene rings is 1. The molecule has 2 heterocycles. The molecule has 1 aromatic carbocycles. The standard InChI is InChI=1S/C17H21N5O.2ClH/c1-13(18)17(23)22-11-9-21(10-12-22)15-7-8-19-16(20-15)14-5-3-2-4-6-14;;/h2-8,13H,9-12,18H2,1H3;2*1H/t13-;;/m1../s1. The number of hydrogen-bond donors (Lipinski definition) is 1. The minimum Gasteiger partial charge on any atom is -0.353 e. The highest BCUT2D eigenvalue weighted by Crippen LogP contribution is 2.19. The van der Waals surface area contributed by atoms with Gasteiger partial charge in [0.05, 0.1) is 6.04 Å². The average molecular weight is 384 g/mol. The molecule has 136 valence electrons. The van der Waals surface area contributed by atoms with E-state index < -0.39 is 6.04 Å². The first-order valence-electron chi connectivity index (χ1n) is 7.83. The van der Waals surface area contributed by atoms with Crippen LogP contribution < -0.4 is 10.6 Å². The van der Waals surface area contributed by atoms with Crippen molar-refractivity contribution >= 4 is 36.5 Å². The van der Waals surface area contributed by atoms with Crippen LogP contribution in [0.4, 0.5) is 5.82 Å². The van der Waals surface area contributed by atoms with Gasteiger partial charge in [-0.3, -0.25) is 4.79 Å². The molecule has 6 nitrogen and oxygen atoms in total. The minimum absolute atomic E-state index is 0. The van der Waals surface area contributed by atoms with Crippen LogP contribution in [0, 0.1) is 0 Å². The number of hydrogen-bond acceptors (Lipinski definition) is 5. The molecule has 3 rings (SSSR count). The van der Waals surface area contributed by atoms with E-state index in [2.05, 4.69) is 14.9 Å². The smallest absolute Gasteiger partial charge is 0.239 e. The fourth-order valence-corrected chi connectivity index (χ4v) is 2.70. The molecule has 0 radical (unpaired) electrons. The number of nitrogens with two attached hydrogens (primary N) is 1. The number of carbonyl (C=O) groups excluding carboxylic acids is 1. The molecule has 0 spiro atoms. The lowest BCUT2D eigenvalue weighted by atomic mass is 10.2. The lowest BCUT2D eigenvalue weighted by molar-refractivity contribution is -0.132. The Morgan fingerprint density at radius 1 is 1.08 bits per heavy atom. The Morgan fingerprint density at radius 2 is 1.72 bits per heavy atom. The molecule has 25 heavy (non-hydrogen) atoms. The molecule has 1 amide bonds. The van der Waals surface area contributed by atoms with Gasteiger partial charge in [0.15, 0.2) is 5.82 Å². The van der Waals surface area contributed by atoms with Crippen LogP contribution in [-0.2, 0) is 4.79 Å². The number of piperazine rings is 1. The first-order valence-corrected chi connectivity index (χ1v) is 7.83. The van der Waals surface area contributed by atoms with Crippen LogP contribution in [0.15, 0.2) is 42.6 Å². The fourth-order valence-electron chi connectivity index (χ4n) is 2.70. The van der Waals surface area contributed by atoms with Gasteiger partial charge in [-0.1, -0.05) is 30.3 Å². The molecule has 1 aliphatic rings. The average Bonchev–Trinajstić information content (AvgIpc) is 2.62. The summed E-state index contributed by atoms with van der Waals surface area (Å²) < 4.78 is 0. The first kappa shape index (κ1) is 21.2. The van der Waals surface area contributed by atoms with Gasteiger partial charge in [0.25, 0.3) is 0 Å². The third kappa shape index (κ3) is 5.04. The fraction of sp³-hybridized carbons (Fsp3) is 0.353. The van der Waals surface area contributed by atoms with Gasteiger partial charge in [0.2, 0.25) is 5.91 Å². The van der Waals surface area contributed by atoms with E-state index in [1.54, 1.807) is 13.1 Å². The van der Waals surface area contributed by atoms with Crippen molar-refractivity contribution in [3.05, 3.63) is 42.6 Å². The quantitative estimate of drug-likeness (QED) is 0.876. The summed E-state index contributed by atoms with van der Waals surface area (Å²) in [6, 6.07) is 11.4. The van der Waals surface area contributed by atoms with Crippen molar-refractivity contribution in [2.45, 2.75) is 13.0 Å². The lowest BCUT2D eigenvalue weighted by Crippen LogP contribution is -2.52. The van der Waals surface area contributed by atoms with Crippen LogP contribution in [0.3, 0.4) is 0 Å². The SMILES string of the molecule is C[C@@H](N)C(=O)N1CCN(c2ccnc(-c3ccccc3)n2)CC1.Cl.Cl. The zero-order chi connectivity index (χ0) is 16.2. The Bertz CT molecular complexity index is 676. The predicted molar refractivity (Wildman–Crippen MR) is 104 cm³/mol. The third-order valence-electron chi connectivity index (χ3n) is 3.98. The maximum Gasteiger partial charge on any atom is 0.239 e. The van der Waals surface area contributed by atoms with Gasteiger partial charge in [0, 0.05) is 37.9 Å². The lowest BCUT2D eigenvalue weighted by Gasteiger charge is -2.36. The van der Waals surface area contributed by atoms with Crippen LogP contribution in [0.5, 0.6) is 0 Å². The van der Waals surface area contributed by atoms with E-state index in [1.165, 1.54) is 0 Å². The molecule has 1 aromatic heterocycles. The van der Waals surface area contributed by atoms with Gasteiger partial charge in [0.1, 0.15) is 5.82 Å². The second-order valence-electron chi connectivity index (χ2n) is 5.71. The molecular formula is C17H23Cl2N5O. The maximum atomic E-state index is 11.9. The molecule has 0 bridgehead atoms. The van der Waals surface area contributed by atoms with Crippen LogP contribution in [0.2, 0.25) is 0 Å². The largest absolute Gasteiger partial charge is 0.353 e. The van der Waals surface area contributed by atoms with Crippen molar-refractivity contribution < 1.29 is 4.79 Å². The Balaban J connectivity index is 0.00000156. The topological polar surface area (TPSA) is 75.4 Å². The van der Waals surface area contributed by atoms with Gasteiger partial charge in [-0.15, -0.1) is 24.8 Å². The van der Waals surface area contributed by atoms with Gasteiger partial charge in [-0.25, -0.2) is 9.97 Å². The van der Waals surface area contributed by atoms with E-state index in [0.717, 1.165) is 30.3 Å². The summed E-state index contributed by atoms with van der Waals surface area (Å²) in [4.78, 5) is 24.9. The molecule has 0 aliphatic carbocycles. The zero-order valence-electron chi connectivity index (χ0n) is 14.0. The summed E-state index contributed by atoms with van der Waals surface area (Å²) in [6.07, 6.45) is 1.78. The van der Waals surface area contributed by atoms with E-state index in [9.17, 15) is 4.79 Å². The van der Waals surface area contributed by atoms with E-state index >= 15 is 0 Å². The van der Waals surface area contributed by atoms with Crippen molar-refractivity contribution in [3.63, 3.8) is 0 Å². The maximum absolute atomic E-state index is 11.9. The Labute approximate surface area is 160 Å². The third-order valence-corrected chi connectivity index (χ3v) is 3.98. The number of aromatic nitrogens is 2. The number of anilines is 1. The molecule has 1 saturated heterocycles. The van der Waals surface area contributed by atoms with E-state index in [4.69, 9.17) is 5.73 Å². The molecule has 1 aliphatic heterocycles. The van der Waals surface area contributed by atoms with Gasteiger partial charge in [-0.2, -0.15) is 0 Å². The predicted octanol–water partition coefficient (Wildman–Crippen LogP) is 1.98. The Morgan fingerprint density at radius 3 is 2.32 bits per heavy atom. The molecule has 0 saturated carbocycles. The normalized spacial score (nSPS) is 15.0. The van der Waals surface area contributed by atoms with Crippen molar-refractivity contribution in [3.8, 4) is 11.4 Å². The van der Waals surface area contributed by atoms with Crippen molar-refractivity contribution in [2.24, 2.45) is 5.73 Å². The number of halogens is 2. The summed E-state index contributed by atoms with van der Waals surface area (Å²) in [6.45, 7) is 4.58. The van der Waals surface area contributed by atoms with Gasteiger partial charge in [-0.05, 0) is 13.0 Å². The highest BCUT2D eigenvalue weighted by atomic mass is 35.5. The van der Waals surface area contributed by atoms with Crippen molar-refractivity contribution in [2.75, 3.05) is 31.1 Å². The number of nitrogens with zero attached hydrogens (tertiary/aromatic N) is 4. The summed E-state index contributed by atoms with van der Waals surface area (Å²) in [5, 5.41) is 0. The van der Waals surface area contributed by atoms with Gasteiger partial charge >= 0.3 is 0 Å². The van der Waals surface area contributed by atoms with E-state index in [-0.39, 0.29) is 30.7 Å². The second kappa shape index (κ2) is 9.56. The van der Waals surface area contributed by atoms with Crippen molar-refractivity contribution in [1.29, 1.82) is 0 Å². The highest BCUT2D eigenvalue weighted by molar-refractivity contribution is 5.85. The molecule has 1 atom stereocenters. The zero-order valence-corrected chi connectivity index (χ0v) is 15.7. The molecule has 2 N–H and O–H groups in total.